The molecule has 0 heterocycles. The Labute approximate surface area is 320 Å². The van der Waals surface area contributed by atoms with Crippen molar-refractivity contribution in [2.45, 2.75) is 121 Å². The van der Waals surface area contributed by atoms with Crippen molar-refractivity contribution in [3.05, 3.63) is 128 Å². The maximum absolute atomic E-state index is 11.1. The van der Waals surface area contributed by atoms with Crippen molar-refractivity contribution < 1.29 is 19.3 Å². The zero-order valence-corrected chi connectivity index (χ0v) is 31.8. The van der Waals surface area contributed by atoms with Gasteiger partial charge in [0.2, 0.25) is 0 Å². The SMILES string of the molecule is CCCCCCCC[C@H]1CC[C@H](CCC2CCC(c3ccc(Oc4ccc([N+](=O)[O-])cc4)cc3)(c3ccc(Oc4ccc([N+](=O)[O-])cc4)cc3)CC2)CC1. The molecular formula is C46H56N2O6. The van der Waals surface area contributed by atoms with Gasteiger partial charge in [-0.2, -0.15) is 0 Å². The molecular weight excluding hydrogens is 677 g/mol. The Balaban J connectivity index is 1.08. The van der Waals surface area contributed by atoms with Gasteiger partial charge in [-0.3, -0.25) is 20.2 Å². The Kier molecular flexibility index (Phi) is 13.7. The van der Waals surface area contributed by atoms with Crippen LogP contribution in [-0.4, -0.2) is 9.85 Å². The molecule has 6 rings (SSSR count). The minimum absolute atomic E-state index is 0.0330. The van der Waals surface area contributed by atoms with Crippen LogP contribution in [0.15, 0.2) is 97.1 Å². The third kappa shape index (κ3) is 10.5. The lowest BCUT2D eigenvalue weighted by molar-refractivity contribution is -0.385. The molecule has 0 saturated heterocycles. The van der Waals surface area contributed by atoms with Crippen LogP contribution in [0.25, 0.3) is 0 Å². The van der Waals surface area contributed by atoms with E-state index in [4.69, 9.17) is 9.47 Å². The van der Waals surface area contributed by atoms with Crippen LogP contribution in [0.1, 0.15) is 127 Å². The second-order valence-electron chi connectivity index (χ2n) is 15.8. The lowest BCUT2D eigenvalue weighted by Gasteiger charge is -2.42. The van der Waals surface area contributed by atoms with E-state index in [9.17, 15) is 20.2 Å². The van der Waals surface area contributed by atoms with Gasteiger partial charge in [-0.15, -0.1) is 0 Å². The van der Waals surface area contributed by atoms with Gasteiger partial charge >= 0.3 is 0 Å². The van der Waals surface area contributed by atoms with Gasteiger partial charge in [0.1, 0.15) is 23.0 Å². The molecule has 4 aromatic rings. The third-order valence-corrected chi connectivity index (χ3v) is 12.3. The van der Waals surface area contributed by atoms with E-state index < -0.39 is 9.85 Å². The predicted octanol–water partition coefficient (Wildman–Crippen LogP) is 13.9. The van der Waals surface area contributed by atoms with E-state index in [1.165, 1.54) is 132 Å². The lowest BCUT2D eigenvalue weighted by atomic mass is 9.62. The molecule has 0 bridgehead atoms. The van der Waals surface area contributed by atoms with Gasteiger partial charge in [-0.05, 0) is 103 Å². The largest absolute Gasteiger partial charge is 0.457 e. The highest BCUT2D eigenvalue weighted by Crippen LogP contribution is 2.49. The Bertz CT molecular complexity index is 1650. The Hall–Kier alpha value is -4.72. The molecule has 0 spiro atoms. The van der Waals surface area contributed by atoms with E-state index in [1.54, 1.807) is 24.3 Å². The molecule has 4 aromatic carbocycles. The molecule has 0 unspecified atom stereocenters. The highest BCUT2D eigenvalue weighted by Gasteiger charge is 2.38. The maximum Gasteiger partial charge on any atom is 0.269 e. The van der Waals surface area contributed by atoms with Gasteiger partial charge in [-0.25, -0.2) is 0 Å². The molecule has 0 aliphatic heterocycles. The molecule has 8 heteroatoms. The van der Waals surface area contributed by atoms with E-state index >= 15 is 0 Å². The van der Waals surface area contributed by atoms with Crippen LogP contribution in [0.2, 0.25) is 0 Å². The van der Waals surface area contributed by atoms with E-state index in [0.29, 0.717) is 23.0 Å². The number of rotatable bonds is 18. The summed E-state index contributed by atoms with van der Waals surface area (Å²) in [6.07, 6.45) is 22.7. The molecule has 286 valence electrons. The lowest BCUT2D eigenvalue weighted by Crippen LogP contribution is -2.33. The summed E-state index contributed by atoms with van der Waals surface area (Å²) in [5.74, 6) is 5.07. The summed E-state index contributed by atoms with van der Waals surface area (Å²) in [6.45, 7) is 2.29. The topological polar surface area (TPSA) is 105 Å². The highest BCUT2D eigenvalue weighted by atomic mass is 16.6. The van der Waals surface area contributed by atoms with Crippen LogP contribution >= 0.6 is 0 Å². The van der Waals surface area contributed by atoms with Crippen LogP contribution < -0.4 is 9.47 Å². The Morgan fingerprint density at radius 3 is 1.26 bits per heavy atom. The number of unbranched alkanes of at least 4 members (excludes halogenated alkanes) is 5. The molecule has 2 aliphatic rings. The number of nitro benzene ring substituents is 2. The first-order valence-electron chi connectivity index (χ1n) is 20.4. The van der Waals surface area contributed by atoms with E-state index in [0.717, 1.165) is 30.6 Å². The standard InChI is InChI=1S/C46H56N2O6/c1-2-3-4-5-6-7-8-35-9-11-36(12-10-35)13-14-37-31-33-46(34-32-37,38-15-23-42(24-16-38)53-44-27-19-40(20-28-44)47(49)50)39-17-25-43(26-18-39)54-45-29-21-41(22-30-45)48(51)52/h15-30,35-37H,2-14,31-34H2,1H3/t35-,36-. The maximum atomic E-state index is 11.1. The van der Waals surface area contributed by atoms with E-state index in [-0.39, 0.29) is 16.8 Å². The number of nitrogens with zero attached hydrogens (tertiary/aromatic N) is 2. The second kappa shape index (κ2) is 19.0. The molecule has 2 fully saturated rings. The van der Waals surface area contributed by atoms with Crippen LogP contribution in [0.4, 0.5) is 11.4 Å². The average molecular weight is 733 g/mol. The zero-order chi connectivity index (χ0) is 37.8. The number of hydrogen-bond acceptors (Lipinski definition) is 6. The quantitative estimate of drug-likeness (QED) is 0.0573. The molecule has 0 atom stereocenters. The second-order valence-corrected chi connectivity index (χ2v) is 15.8. The molecule has 0 radical (unpaired) electrons. The van der Waals surface area contributed by atoms with Crippen molar-refractivity contribution >= 4 is 11.4 Å². The van der Waals surface area contributed by atoms with Gasteiger partial charge in [0.05, 0.1) is 9.85 Å². The van der Waals surface area contributed by atoms with Gasteiger partial charge in [0.25, 0.3) is 11.4 Å². The fraction of sp³-hybridized carbons (Fsp3) is 0.478. The molecule has 2 saturated carbocycles. The Morgan fingerprint density at radius 2 is 0.852 bits per heavy atom. The normalized spacial score (nSPS) is 18.5. The molecule has 8 nitrogen and oxygen atoms in total. The number of nitro groups is 2. The van der Waals surface area contributed by atoms with Crippen molar-refractivity contribution in [2.24, 2.45) is 17.8 Å². The molecule has 0 amide bonds. The summed E-state index contributed by atoms with van der Waals surface area (Å²) < 4.78 is 12.1. The monoisotopic (exact) mass is 732 g/mol. The zero-order valence-electron chi connectivity index (χ0n) is 31.8. The first-order chi connectivity index (χ1) is 26.3. The smallest absolute Gasteiger partial charge is 0.269 e. The summed E-state index contributed by atoms with van der Waals surface area (Å²) in [7, 11) is 0. The predicted molar refractivity (Wildman–Crippen MR) is 215 cm³/mol. The first kappa shape index (κ1) is 39.0. The molecule has 0 aromatic heterocycles. The van der Waals surface area contributed by atoms with Gasteiger partial charge in [0, 0.05) is 29.7 Å². The highest BCUT2D eigenvalue weighted by molar-refractivity contribution is 5.46. The minimum Gasteiger partial charge on any atom is -0.457 e. The summed E-state index contributed by atoms with van der Waals surface area (Å²) in [5, 5.41) is 22.1. The van der Waals surface area contributed by atoms with Crippen LogP contribution in [0.3, 0.4) is 0 Å². The number of benzene rings is 4. The van der Waals surface area contributed by atoms with Crippen molar-refractivity contribution in [1.82, 2.24) is 0 Å². The first-order valence-corrected chi connectivity index (χ1v) is 20.4. The van der Waals surface area contributed by atoms with Crippen molar-refractivity contribution in [3.63, 3.8) is 0 Å². The van der Waals surface area contributed by atoms with Gasteiger partial charge in [0.15, 0.2) is 0 Å². The van der Waals surface area contributed by atoms with Crippen LogP contribution in [0.5, 0.6) is 23.0 Å². The number of non-ortho nitro benzene ring substituents is 2. The molecule has 54 heavy (non-hydrogen) atoms. The van der Waals surface area contributed by atoms with Crippen molar-refractivity contribution in [1.29, 1.82) is 0 Å². The summed E-state index contributed by atoms with van der Waals surface area (Å²) >= 11 is 0. The van der Waals surface area contributed by atoms with Crippen molar-refractivity contribution in [3.8, 4) is 23.0 Å². The molecule has 0 N–H and O–H groups in total. The summed E-state index contributed by atoms with van der Waals surface area (Å²) in [6, 6.07) is 29.0. The average Bonchev–Trinajstić information content (AvgIpc) is 3.20. The number of ether oxygens (including phenoxy) is 2. The summed E-state index contributed by atoms with van der Waals surface area (Å²) in [4.78, 5) is 21.3. The Morgan fingerprint density at radius 1 is 0.500 bits per heavy atom. The van der Waals surface area contributed by atoms with Crippen LogP contribution in [-0.2, 0) is 5.41 Å². The third-order valence-electron chi connectivity index (χ3n) is 12.3. The number of hydrogen-bond donors (Lipinski definition) is 0. The van der Waals surface area contributed by atoms with Crippen LogP contribution in [0, 0.1) is 38.0 Å². The minimum atomic E-state index is -0.413. The van der Waals surface area contributed by atoms with Crippen molar-refractivity contribution in [2.75, 3.05) is 0 Å². The fourth-order valence-corrected chi connectivity index (χ4v) is 8.92. The van der Waals surface area contributed by atoms with E-state index in [1.807, 2.05) is 24.3 Å². The fourth-order valence-electron chi connectivity index (χ4n) is 8.92. The molecule has 2 aliphatic carbocycles. The summed E-state index contributed by atoms with van der Waals surface area (Å²) in [5.41, 5.74) is 2.42. The van der Waals surface area contributed by atoms with Gasteiger partial charge in [-0.1, -0.05) is 115 Å². The van der Waals surface area contributed by atoms with Gasteiger partial charge < -0.3 is 9.47 Å². The van der Waals surface area contributed by atoms with E-state index in [2.05, 4.69) is 31.2 Å².